The molecule has 0 atom stereocenters. The minimum absolute atomic E-state index is 0.564. The summed E-state index contributed by atoms with van der Waals surface area (Å²) >= 11 is 6.22. The zero-order chi connectivity index (χ0) is 16.5. The number of methoxy groups -OCH3 is 1. The Hall–Kier alpha value is -2.04. The van der Waals surface area contributed by atoms with Crippen LogP contribution in [-0.4, -0.2) is 30.2 Å². The number of piperidine rings is 1. The van der Waals surface area contributed by atoms with Crippen molar-refractivity contribution in [3.63, 3.8) is 0 Å². The van der Waals surface area contributed by atoms with Gasteiger partial charge in [0.25, 0.3) is 0 Å². The van der Waals surface area contributed by atoms with E-state index >= 15 is 0 Å². The number of benzene rings is 1. The van der Waals surface area contributed by atoms with Crippen LogP contribution >= 0.6 is 11.6 Å². The number of aromatic amines is 1. The molecule has 4 nitrogen and oxygen atoms in total. The molecule has 124 valence electrons. The number of aromatic nitrogens is 2. The van der Waals surface area contributed by atoms with Crippen LogP contribution in [0.15, 0.2) is 36.5 Å². The van der Waals surface area contributed by atoms with Crippen molar-refractivity contribution < 1.29 is 4.74 Å². The molecule has 24 heavy (non-hydrogen) atoms. The van der Waals surface area contributed by atoms with Crippen LogP contribution in [0.25, 0.3) is 22.2 Å². The Morgan fingerprint density at radius 3 is 2.75 bits per heavy atom. The van der Waals surface area contributed by atoms with Crippen molar-refractivity contribution in [2.24, 2.45) is 0 Å². The summed E-state index contributed by atoms with van der Waals surface area (Å²) in [4.78, 5) is 8.03. The fourth-order valence-corrected chi connectivity index (χ4v) is 3.70. The number of nitrogens with zero attached hydrogens (tertiary/aromatic N) is 1. The van der Waals surface area contributed by atoms with Crippen molar-refractivity contribution in [3.05, 3.63) is 47.2 Å². The topological polar surface area (TPSA) is 49.9 Å². The van der Waals surface area contributed by atoms with Crippen molar-refractivity contribution >= 4 is 22.6 Å². The highest BCUT2D eigenvalue weighted by Gasteiger charge is 2.19. The zero-order valence-corrected chi connectivity index (χ0v) is 14.4. The van der Waals surface area contributed by atoms with Crippen LogP contribution in [0.4, 0.5) is 0 Å². The van der Waals surface area contributed by atoms with Gasteiger partial charge in [0, 0.05) is 33.8 Å². The van der Waals surface area contributed by atoms with Crippen molar-refractivity contribution in [3.8, 4) is 16.9 Å². The molecule has 3 aromatic rings. The van der Waals surface area contributed by atoms with Gasteiger partial charge in [-0.1, -0.05) is 11.6 Å². The average Bonchev–Trinajstić information content (AvgIpc) is 3.06. The fraction of sp³-hybridized carbons (Fsp3) is 0.316. The molecule has 1 aliphatic rings. The maximum Gasteiger partial charge on any atom is 0.138 e. The van der Waals surface area contributed by atoms with Crippen molar-refractivity contribution in [1.82, 2.24) is 15.3 Å². The average molecular weight is 342 g/mol. The van der Waals surface area contributed by atoms with Crippen LogP contribution in [0.2, 0.25) is 5.02 Å². The second kappa shape index (κ2) is 6.46. The van der Waals surface area contributed by atoms with Crippen LogP contribution in [0.5, 0.6) is 5.75 Å². The van der Waals surface area contributed by atoms with E-state index in [0.29, 0.717) is 10.9 Å². The normalized spacial score (nSPS) is 15.8. The predicted octanol–water partition coefficient (Wildman–Crippen LogP) is 4.36. The minimum atomic E-state index is 0.564. The molecule has 1 aliphatic heterocycles. The largest absolute Gasteiger partial charge is 0.496 e. The molecule has 0 aliphatic carbocycles. The van der Waals surface area contributed by atoms with E-state index < -0.39 is 0 Å². The Morgan fingerprint density at radius 2 is 1.96 bits per heavy atom. The monoisotopic (exact) mass is 341 g/mol. The SMILES string of the molecule is COc1ccc(Cl)cc1-c1ccnc2[nH]c(C3CCNCC3)cc12. The summed E-state index contributed by atoms with van der Waals surface area (Å²) in [6.45, 7) is 2.14. The molecule has 4 rings (SSSR count). The number of halogens is 1. The molecule has 1 fully saturated rings. The molecule has 3 heterocycles. The molecular weight excluding hydrogens is 322 g/mol. The number of ether oxygens (including phenoxy) is 1. The van der Waals surface area contributed by atoms with Gasteiger partial charge in [0.2, 0.25) is 0 Å². The third-order valence-corrected chi connectivity index (χ3v) is 5.02. The Morgan fingerprint density at radius 1 is 1.12 bits per heavy atom. The van der Waals surface area contributed by atoms with Gasteiger partial charge < -0.3 is 15.0 Å². The first-order valence-corrected chi connectivity index (χ1v) is 8.66. The molecule has 1 aromatic carbocycles. The lowest BCUT2D eigenvalue weighted by Crippen LogP contribution is -2.26. The van der Waals surface area contributed by atoms with Gasteiger partial charge in [0.1, 0.15) is 11.4 Å². The van der Waals surface area contributed by atoms with Crippen LogP contribution in [-0.2, 0) is 0 Å². The summed E-state index contributed by atoms with van der Waals surface area (Å²) in [5.74, 6) is 1.38. The number of fused-ring (bicyclic) bond motifs is 1. The number of hydrogen-bond donors (Lipinski definition) is 2. The smallest absolute Gasteiger partial charge is 0.138 e. The van der Waals surface area contributed by atoms with Gasteiger partial charge in [-0.3, -0.25) is 0 Å². The zero-order valence-electron chi connectivity index (χ0n) is 13.6. The second-order valence-corrected chi connectivity index (χ2v) is 6.65. The molecule has 0 saturated carbocycles. The van der Waals surface area contributed by atoms with Crippen molar-refractivity contribution in [1.29, 1.82) is 0 Å². The molecular formula is C19H20ClN3O. The van der Waals surface area contributed by atoms with E-state index in [1.165, 1.54) is 5.69 Å². The third kappa shape index (κ3) is 2.76. The minimum Gasteiger partial charge on any atom is -0.496 e. The third-order valence-electron chi connectivity index (χ3n) is 4.78. The van der Waals surface area contributed by atoms with E-state index in [-0.39, 0.29) is 0 Å². The first kappa shape index (κ1) is 15.5. The van der Waals surface area contributed by atoms with Gasteiger partial charge in [-0.2, -0.15) is 0 Å². The Labute approximate surface area is 146 Å². The molecule has 0 unspecified atom stereocenters. The van der Waals surface area contributed by atoms with E-state index in [1.54, 1.807) is 7.11 Å². The maximum absolute atomic E-state index is 6.22. The van der Waals surface area contributed by atoms with E-state index in [9.17, 15) is 0 Å². The standard InChI is InChI=1S/C19H20ClN3O/c1-24-18-3-2-13(20)10-15(18)14-6-9-22-19-16(14)11-17(23-19)12-4-7-21-8-5-12/h2-3,6,9-12,21H,4-5,7-8H2,1H3,(H,22,23). The molecule has 5 heteroatoms. The second-order valence-electron chi connectivity index (χ2n) is 6.21. The summed E-state index contributed by atoms with van der Waals surface area (Å²) in [7, 11) is 1.68. The predicted molar refractivity (Wildman–Crippen MR) is 97.9 cm³/mol. The highest BCUT2D eigenvalue weighted by atomic mass is 35.5. The molecule has 0 bridgehead atoms. The van der Waals surface area contributed by atoms with E-state index in [4.69, 9.17) is 16.3 Å². The van der Waals surface area contributed by atoms with Gasteiger partial charge >= 0.3 is 0 Å². The van der Waals surface area contributed by atoms with Crippen LogP contribution in [0.1, 0.15) is 24.5 Å². The highest BCUT2D eigenvalue weighted by Crippen LogP contribution is 2.37. The number of nitrogens with one attached hydrogen (secondary N) is 2. The summed E-state index contributed by atoms with van der Waals surface area (Å²) < 4.78 is 5.53. The molecule has 1 saturated heterocycles. The van der Waals surface area contributed by atoms with E-state index in [2.05, 4.69) is 21.4 Å². The Balaban J connectivity index is 1.84. The maximum atomic E-state index is 6.22. The van der Waals surface area contributed by atoms with Gasteiger partial charge in [-0.25, -0.2) is 4.98 Å². The van der Waals surface area contributed by atoms with Crippen LogP contribution in [0.3, 0.4) is 0 Å². The van der Waals surface area contributed by atoms with Crippen molar-refractivity contribution in [2.75, 3.05) is 20.2 Å². The van der Waals surface area contributed by atoms with Gasteiger partial charge in [0.05, 0.1) is 7.11 Å². The van der Waals surface area contributed by atoms with Crippen LogP contribution in [0, 0.1) is 0 Å². The highest BCUT2D eigenvalue weighted by molar-refractivity contribution is 6.31. The van der Waals surface area contributed by atoms with Gasteiger partial charge in [-0.15, -0.1) is 0 Å². The molecule has 2 N–H and O–H groups in total. The molecule has 0 spiro atoms. The lowest BCUT2D eigenvalue weighted by Gasteiger charge is -2.21. The van der Waals surface area contributed by atoms with Crippen molar-refractivity contribution in [2.45, 2.75) is 18.8 Å². The first-order chi connectivity index (χ1) is 11.8. The fourth-order valence-electron chi connectivity index (χ4n) is 3.53. The van der Waals surface area contributed by atoms with Gasteiger partial charge in [-0.05, 0) is 61.8 Å². The Bertz CT molecular complexity index is 868. The number of rotatable bonds is 3. The lowest BCUT2D eigenvalue weighted by atomic mass is 9.94. The Kier molecular flexibility index (Phi) is 4.17. The number of hydrogen-bond acceptors (Lipinski definition) is 3. The number of pyridine rings is 1. The summed E-state index contributed by atoms with van der Waals surface area (Å²) in [6, 6.07) is 9.97. The summed E-state index contributed by atoms with van der Waals surface area (Å²) in [6.07, 6.45) is 4.14. The van der Waals surface area contributed by atoms with E-state index in [1.807, 2.05) is 30.5 Å². The quantitative estimate of drug-likeness (QED) is 0.744. The molecule has 0 radical (unpaired) electrons. The first-order valence-electron chi connectivity index (χ1n) is 8.28. The molecule has 0 amide bonds. The van der Waals surface area contributed by atoms with Gasteiger partial charge in [0.15, 0.2) is 0 Å². The van der Waals surface area contributed by atoms with Crippen LogP contribution < -0.4 is 10.1 Å². The lowest BCUT2D eigenvalue weighted by molar-refractivity contribution is 0.416. The molecule has 2 aromatic heterocycles. The number of H-pyrrole nitrogens is 1. The van der Waals surface area contributed by atoms with E-state index in [0.717, 1.165) is 53.8 Å². The summed E-state index contributed by atoms with van der Waals surface area (Å²) in [5, 5.41) is 5.23. The summed E-state index contributed by atoms with van der Waals surface area (Å²) in [5.41, 5.74) is 4.28.